The lowest BCUT2D eigenvalue weighted by Crippen LogP contribution is -2.57. The molecule has 10 aliphatic rings. The van der Waals surface area contributed by atoms with Gasteiger partial charge in [0.25, 0.3) is 0 Å². The van der Waals surface area contributed by atoms with Gasteiger partial charge in [-0.2, -0.15) is 0 Å². The molecule has 0 saturated carbocycles. The lowest BCUT2D eigenvalue weighted by Gasteiger charge is -2.67. The van der Waals surface area contributed by atoms with E-state index in [1.54, 1.807) is 66.8 Å². The molecule has 10 aliphatic carbocycles. The van der Waals surface area contributed by atoms with Crippen molar-refractivity contribution in [2.45, 2.75) is 35.5 Å². The van der Waals surface area contributed by atoms with E-state index in [-0.39, 0.29) is 0 Å². The molecule has 0 fully saturated rings. The highest BCUT2D eigenvalue weighted by Crippen LogP contribution is 2.77. The third kappa shape index (κ3) is 2.67. The van der Waals surface area contributed by atoms with Crippen molar-refractivity contribution in [3.8, 4) is 0 Å². The van der Waals surface area contributed by atoms with Crippen molar-refractivity contribution in [1.82, 2.24) is 0 Å². The maximum atomic E-state index is 2.50. The summed E-state index contributed by atoms with van der Waals surface area (Å²) in [4.78, 5) is 0. The highest BCUT2D eigenvalue weighted by molar-refractivity contribution is 5.72. The predicted octanol–water partition coefficient (Wildman–Crippen LogP) is 10.6. The first kappa shape index (κ1) is 25.1. The second kappa shape index (κ2) is 8.55. The lowest BCUT2D eigenvalue weighted by atomic mass is 9.36. The summed E-state index contributed by atoms with van der Waals surface area (Å²) in [7, 11) is 0. The third-order valence-corrected chi connectivity index (χ3v) is 14.3. The molecule has 0 spiro atoms. The maximum Gasteiger partial charge on any atom is 0.0311 e. The number of hydrogen-bond donors (Lipinski definition) is 0. The standard InChI is InChI=1S/C48H34/c1-2-14-26-25(13-1)37-27-15-3-4-16-28(27)38(26)44-43(37)45-39-29-17-5-7-19-31(29)41(32-20-8-6-18-30(32)39)47(45)48-42-35-23-11-9-21-33(35)40(46(44)48)34-22-10-12-24-36(34)42/h1-24,37-46H/t37?,38?,39?,40?,41?,42?,43-,44+,45-,46+. The van der Waals surface area contributed by atoms with E-state index in [0.29, 0.717) is 59.2 Å². The molecule has 226 valence electrons. The fourth-order valence-electron chi connectivity index (χ4n) is 13.3. The van der Waals surface area contributed by atoms with Crippen molar-refractivity contribution in [2.24, 2.45) is 23.7 Å². The van der Waals surface area contributed by atoms with Gasteiger partial charge in [0.05, 0.1) is 0 Å². The maximum absolute atomic E-state index is 2.50. The molecule has 6 bridgehead atoms. The molecule has 0 aromatic heterocycles. The van der Waals surface area contributed by atoms with Crippen molar-refractivity contribution < 1.29 is 0 Å². The van der Waals surface area contributed by atoms with E-state index in [9.17, 15) is 0 Å². The summed E-state index contributed by atoms with van der Waals surface area (Å²) in [5.74, 6) is 4.36. The molecule has 16 rings (SSSR count). The Kier molecular flexibility index (Phi) is 4.48. The number of allylic oxidation sites excluding steroid dienone is 2. The molecular formula is C48H34. The minimum atomic E-state index is 0.329. The fraction of sp³-hybridized carbons (Fsp3) is 0.208. The topological polar surface area (TPSA) is 0 Å². The monoisotopic (exact) mass is 610 g/mol. The van der Waals surface area contributed by atoms with Gasteiger partial charge in [0, 0.05) is 35.5 Å². The zero-order valence-corrected chi connectivity index (χ0v) is 26.6. The molecule has 6 aromatic carbocycles. The van der Waals surface area contributed by atoms with Crippen molar-refractivity contribution >= 4 is 0 Å². The first-order chi connectivity index (χ1) is 23.9. The Labute approximate surface area is 281 Å². The SMILES string of the molecule is c1ccc2c(c1)C1C3=C4C5c6ccccc6C(c6ccccc65)[C@H]4[C@H]4C5c6ccccc6C(c6ccccc65)[C@H]4[C@H]3C2c2ccccc21. The van der Waals surface area contributed by atoms with Crippen molar-refractivity contribution in [2.75, 3.05) is 0 Å². The molecule has 0 saturated heterocycles. The Morgan fingerprint density at radius 1 is 0.229 bits per heavy atom. The first-order valence-corrected chi connectivity index (χ1v) is 18.2. The van der Waals surface area contributed by atoms with Gasteiger partial charge in [0.2, 0.25) is 0 Å². The average molecular weight is 611 g/mol. The van der Waals surface area contributed by atoms with E-state index < -0.39 is 0 Å². The van der Waals surface area contributed by atoms with Gasteiger partial charge in [-0.25, -0.2) is 0 Å². The minimum Gasteiger partial charge on any atom is -0.0620 e. The minimum absolute atomic E-state index is 0.329. The van der Waals surface area contributed by atoms with Crippen molar-refractivity contribution in [3.05, 3.63) is 224 Å². The molecule has 0 heteroatoms. The normalized spacial score (nSPS) is 32.5. The zero-order valence-electron chi connectivity index (χ0n) is 26.6. The molecule has 48 heavy (non-hydrogen) atoms. The Morgan fingerprint density at radius 2 is 0.438 bits per heavy atom. The van der Waals surface area contributed by atoms with Gasteiger partial charge in [0.15, 0.2) is 0 Å². The predicted molar refractivity (Wildman–Crippen MR) is 191 cm³/mol. The van der Waals surface area contributed by atoms with Crippen LogP contribution in [0.3, 0.4) is 0 Å². The summed E-state index contributed by atoms with van der Waals surface area (Å²) in [5.41, 5.74) is 22.7. The quantitative estimate of drug-likeness (QED) is 0.150. The van der Waals surface area contributed by atoms with Gasteiger partial charge >= 0.3 is 0 Å². The largest absolute Gasteiger partial charge is 0.0620 e. The second-order valence-electron chi connectivity index (χ2n) is 15.7. The van der Waals surface area contributed by atoms with E-state index in [0.717, 1.165) is 0 Å². The molecule has 0 radical (unpaired) electrons. The van der Waals surface area contributed by atoms with Gasteiger partial charge in [0.1, 0.15) is 0 Å². The van der Waals surface area contributed by atoms with Gasteiger partial charge < -0.3 is 0 Å². The highest BCUT2D eigenvalue weighted by Gasteiger charge is 2.66. The zero-order chi connectivity index (χ0) is 30.8. The number of hydrogen-bond acceptors (Lipinski definition) is 0. The third-order valence-electron chi connectivity index (χ3n) is 14.3. The summed E-state index contributed by atoms with van der Waals surface area (Å²) in [6, 6.07) is 57.6. The van der Waals surface area contributed by atoms with E-state index >= 15 is 0 Å². The van der Waals surface area contributed by atoms with Crippen molar-refractivity contribution in [3.63, 3.8) is 0 Å². The van der Waals surface area contributed by atoms with Gasteiger partial charge in [-0.15, -0.1) is 0 Å². The summed E-state index contributed by atoms with van der Waals surface area (Å²) in [6.07, 6.45) is 0. The van der Waals surface area contributed by atoms with Crippen LogP contribution in [0.1, 0.15) is 102 Å². The van der Waals surface area contributed by atoms with Gasteiger partial charge in [-0.1, -0.05) is 157 Å². The molecule has 0 unspecified atom stereocenters. The van der Waals surface area contributed by atoms with Crippen LogP contribution in [0, 0.1) is 23.7 Å². The smallest absolute Gasteiger partial charge is 0.0311 e. The Bertz CT molecular complexity index is 2130. The number of rotatable bonds is 0. The molecule has 0 aliphatic heterocycles. The Morgan fingerprint density at radius 3 is 0.688 bits per heavy atom. The van der Waals surface area contributed by atoms with Crippen LogP contribution in [0.25, 0.3) is 0 Å². The molecule has 0 nitrogen and oxygen atoms in total. The van der Waals surface area contributed by atoms with Crippen LogP contribution >= 0.6 is 0 Å². The van der Waals surface area contributed by atoms with Gasteiger partial charge in [-0.05, 0) is 90.4 Å². The van der Waals surface area contributed by atoms with Crippen LogP contribution in [-0.4, -0.2) is 0 Å². The molecule has 0 heterocycles. The average Bonchev–Trinajstić information content (AvgIpc) is 3.17. The van der Waals surface area contributed by atoms with E-state index in [1.165, 1.54) is 0 Å². The molecule has 4 atom stereocenters. The highest BCUT2D eigenvalue weighted by atomic mass is 14.7. The van der Waals surface area contributed by atoms with Crippen LogP contribution < -0.4 is 0 Å². The van der Waals surface area contributed by atoms with Crippen LogP contribution in [0.4, 0.5) is 0 Å². The van der Waals surface area contributed by atoms with Crippen LogP contribution in [0.5, 0.6) is 0 Å². The van der Waals surface area contributed by atoms with E-state index in [4.69, 9.17) is 0 Å². The van der Waals surface area contributed by atoms with E-state index in [2.05, 4.69) is 146 Å². The molecular weight excluding hydrogens is 577 g/mol. The summed E-state index contributed by atoms with van der Waals surface area (Å²) < 4.78 is 0. The fourth-order valence-corrected chi connectivity index (χ4v) is 13.3. The van der Waals surface area contributed by atoms with Gasteiger partial charge in [-0.3, -0.25) is 0 Å². The number of benzene rings is 6. The van der Waals surface area contributed by atoms with Crippen LogP contribution in [0.15, 0.2) is 157 Å². The molecule has 0 N–H and O–H groups in total. The lowest BCUT2D eigenvalue weighted by molar-refractivity contribution is 0.0741. The van der Waals surface area contributed by atoms with Crippen molar-refractivity contribution in [1.29, 1.82) is 0 Å². The van der Waals surface area contributed by atoms with E-state index in [1.807, 2.05) is 11.1 Å². The Hall–Kier alpha value is -4.94. The van der Waals surface area contributed by atoms with Crippen LogP contribution in [-0.2, 0) is 0 Å². The summed E-state index contributed by atoms with van der Waals surface area (Å²) >= 11 is 0. The second-order valence-corrected chi connectivity index (χ2v) is 15.7. The Balaban J connectivity index is 1.22. The summed E-state index contributed by atoms with van der Waals surface area (Å²) in [5, 5.41) is 0. The molecule has 0 amide bonds. The summed E-state index contributed by atoms with van der Waals surface area (Å²) in [6.45, 7) is 0. The van der Waals surface area contributed by atoms with Crippen LogP contribution in [0.2, 0.25) is 0 Å². The first-order valence-electron chi connectivity index (χ1n) is 18.2. The molecule has 6 aromatic rings.